The molecule has 0 bridgehead atoms. The predicted octanol–water partition coefficient (Wildman–Crippen LogP) is 3.32. The first-order valence-corrected chi connectivity index (χ1v) is 6.85. The van der Waals surface area contributed by atoms with Crippen LogP contribution in [0.4, 0.5) is 0 Å². The topological polar surface area (TPSA) is 54.0 Å². The van der Waals surface area contributed by atoms with Gasteiger partial charge in [0.05, 0.1) is 20.8 Å². The molecule has 2 aromatic carbocycles. The second-order valence-electron chi connectivity index (χ2n) is 4.34. The molecular formula is C17H18O5. The molecule has 0 amide bonds. The van der Waals surface area contributed by atoms with Gasteiger partial charge in [-0.3, -0.25) is 0 Å². The largest absolute Gasteiger partial charge is 0.497 e. The first-order chi connectivity index (χ1) is 10.7. The molecule has 0 atom stereocenters. The summed E-state index contributed by atoms with van der Waals surface area (Å²) < 4.78 is 21.2. The van der Waals surface area contributed by atoms with Crippen molar-refractivity contribution in [1.29, 1.82) is 0 Å². The fourth-order valence-electron chi connectivity index (χ4n) is 1.94. The van der Waals surface area contributed by atoms with Gasteiger partial charge in [-0.2, -0.15) is 0 Å². The lowest BCUT2D eigenvalue weighted by Crippen LogP contribution is -2.11. The zero-order valence-electron chi connectivity index (χ0n) is 12.8. The molecule has 2 aromatic rings. The molecule has 5 nitrogen and oxygen atoms in total. The van der Waals surface area contributed by atoms with Gasteiger partial charge < -0.3 is 18.9 Å². The molecule has 0 saturated carbocycles. The summed E-state index contributed by atoms with van der Waals surface area (Å²) in [6.07, 6.45) is 0. The van der Waals surface area contributed by atoms with Gasteiger partial charge in [0.25, 0.3) is 0 Å². The van der Waals surface area contributed by atoms with Crippen molar-refractivity contribution in [3.63, 3.8) is 0 Å². The van der Waals surface area contributed by atoms with E-state index < -0.39 is 5.97 Å². The molecule has 0 aliphatic rings. The molecule has 0 radical (unpaired) electrons. The Hall–Kier alpha value is -2.69. The maximum atomic E-state index is 12.4. The molecular weight excluding hydrogens is 284 g/mol. The Balaban J connectivity index is 2.29. The maximum Gasteiger partial charge on any atom is 0.347 e. The van der Waals surface area contributed by atoms with Crippen LogP contribution in [0.5, 0.6) is 23.0 Å². The van der Waals surface area contributed by atoms with E-state index in [1.807, 2.05) is 13.0 Å². The normalized spacial score (nSPS) is 9.95. The molecule has 2 rings (SSSR count). The highest BCUT2D eigenvalue weighted by Gasteiger charge is 2.17. The number of hydrogen-bond acceptors (Lipinski definition) is 5. The van der Waals surface area contributed by atoms with Gasteiger partial charge >= 0.3 is 5.97 Å². The standard InChI is InChI=1S/C17H18O5/c1-4-21-15-7-5-6-8-16(15)22-17(18)13-11-12(19-2)9-10-14(13)20-3/h5-11H,4H2,1-3H3. The van der Waals surface area contributed by atoms with E-state index in [0.29, 0.717) is 29.6 Å². The first kappa shape index (κ1) is 15.7. The van der Waals surface area contributed by atoms with Crippen LogP contribution in [0.15, 0.2) is 42.5 Å². The van der Waals surface area contributed by atoms with Crippen LogP contribution in [0.2, 0.25) is 0 Å². The lowest BCUT2D eigenvalue weighted by molar-refractivity contribution is 0.0724. The Morgan fingerprint density at radius 3 is 2.32 bits per heavy atom. The number of rotatable bonds is 6. The summed E-state index contributed by atoms with van der Waals surface area (Å²) in [6.45, 7) is 2.35. The minimum absolute atomic E-state index is 0.285. The van der Waals surface area contributed by atoms with Crippen molar-refractivity contribution < 1.29 is 23.7 Å². The van der Waals surface area contributed by atoms with E-state index in [0.717, 1.165) is 0 Å². The average molecular weight is 302 g/mol. The second kappa shape index (κ2) is 7.36. The van der Waals surface area contributed by atoms with Gasteiger partial charge in [-0.05, 0) is 37.3 Å². The summed E-state index contributed by atoms with van der Waals surface area (Å²) in [6, 6.07) is 11.9. The van der Waals surface area contributed by atoms with Gasteiger partial charge in [0, 0.05) is 0 Å². The molecule has 116 valence electrons. The Labute approximate surface area is 129 Å². The van der Waals surface area contributed by atoms with Crippen LogP contribution in [0.3, 0.4) is 0 Å². The van der Waals surface area contributed by atoms with Crippen molar-refractivity contribution in [1.82, 2.24) is 0 Å². The Kier molecular flexibility index (Phi) is 5.25. The molecule has 0 spiro atoms. The molecule has 22 heavy (non-hydrogen) atoms. The van der Waals surface area contributed by atoms with Crippen LogP contribution in [-0.4, -0.2) is 26.8 Å². The van der Waals surface area contributed by atoms with Crippen molar-refractivity contribution in [3.8, 4) is 23.0 Å². The fourth-order valence-corrected chi connectivity index (χ4v) is 1.94. The quantitative estimate of drug-likeness (QED) is 0.605. The van der Waals surface area contributed by atoms with Crippen LogP contribution in [-0.2, 0) is 0 Å². The third-order valence-corrected chi connectivity index (χ3v) is 2.98. The number of benzene rings is 2. The number of hydrogen-bond donors (Lipinski definition) is 0. The number of esters is 1. The highest BCUT2D eigenvalue weighted by Crippen LogP contribution is 2.30. The smallest absolute Gasteiger partial charge is 0.347 e. The maximum absolute atomic E-state index is 12.4. The lowest BCUT2D eigenvalue weighted by atomic mass is 10.2. The zero-order chi connectivity index (χ0) is 15.9. The summed E-state index contributed by atoms with van der Waals surface area (Å²) >= 11 is 0. The number of carbonyl (C=O) groups is 1. The van der Waals surface area contributed by atoms with E-state index in [2.05, 4.69) is 0 Å². The van der Waals surface area contributed by atoms with Crippen LogP contribution >= 0.6 is 0 Å². The van der Waals surface area contributed by atoms with Crippen molar-refractivity contribution in [2.45, 2.75) is 6.92 Å². The van der Waals surface area contributed by atoms with E-state index in [1.54, 1.807) is 36.4 Å². The molecule has 0 unspecified atom stereocenters. The van der Waals surface area contributed by atoms with E-state index in [4.69, 9.17) is 18.9 Å². The third-order valence-electron chi connectivity index (χ3n) is 2.98. The van der Waals surface area contributed by atoms with Crippen molar-refractivity contribution in [2.75, 3.05) is 20.8 Å². The van der Waals surface area contributed by atoms with E-state index in [-0.39, 0.29) is 5.56 Å². The summed E-state index contributed by atoms with van der Waals surface area (Å²) in [4.78, 5) is 12.4. The van der Waals surface area contributed by atoms with E-state index in [9.17, 15) is 4.79 Å². The highest BCUT2D eigenvalue weighted by atomic mass is 16.6. The molecule has 0 heterocycles. The van der Waals surface area contributed by atoms with E-state index in [1.165, 1.54) is 14.2 Å². The van der Waals surface area contributed by atoms with Gasteiger partial charge in [0.2, 0.25) is 0 Å². The van der Waals surface area contributed by atoms with Gasteiger partial charge in [0.1, 0.15) is 17.1 Å². The summed E-state index contributed by atoms with van der Waals surface area (Å²) in [5, 5.41) is 0. The average Bonchev–Trinajstić information content (AvgIpc) is 2.56. The Morgan fingerprint density at radius 1 is 0.955 bits per heavy atom. The molecule has 0 aromatic heterocycles. The van der Waals surface area contributed by atoms with Gasteiger partial charge in [-0.25, -0.2) is 4.79 Å². The Bertz CT molecular complexity index is 651. The Morgan fingerprint density at radius 2 is 1.68 bits per heavy atom. The van der Waals surface area contributed by atoms with Gasteiger partial charge in [-0.1, -0.05) is 12.1 Å². The monoisotopic (exact) mass is 302 g/mol. The van der Waals surface area contributed by atoms with Crippen LogP contribution < -0.4 is 18.9 Å². The van der Waals surface area contributed by atoms with Crippen molar-refractivity contribution >= 4 is 5.97 Å². The third kappa shape index (κ3) is 3.49. The zero-order valence-corrected chi connectivity index (χ0v) is 12.8. The second-order valence-corrected chi connectivity index (χ2v) is 4.34. The van der Waals surface area contributed by atoms with Crippen LogP contribution in [0.1, 0.15) is 17.3 Å². The van der Waals surface area contributed by atoms with Crippen molar-refractivity contribution in [2.24, 2.45) is 0 Å². The summed E-state index contributed by atoms with van der Waals surface area (Å²) in [5.74, 6) is 1.30. The first-order valence-electron chi connectivity index (χ1n) is 6.85. The SMILES string of the molecule is CCOc1ccccc1OC(=O)c1cc(OC)ccc1OC. The predicted molar refractivity (Wildman–Crippen MR) is 82.1 cm³/mol. The minimum atomic E-state index is -0.539. The van der Waals surface area contributed by atoms with Crippen LogP contribution in [0.25, 0.3) is 0 Å². The number of ether oxygens (including phenoxy) is 4. The fraction of sp³-hybridized carbons (Fsp3) is 0.235. The van der Waals surface area contributed by atoms with Crippen LogP contribution in [0, 0.1) is 0 Å². The minimum Gasteiger partial charge on any atom is -0.497 e. The number of para-hydroxylation sites is 2. The number of carbonyl (C=O) groups excluding carboxylic acids is 1. The summed E-state index contributed by atoms with van der Waals surface area (Å²) in [7, 11) is 3.02. The van der Waals surface area contributed by atoms with Gasteiger partial charge in [-0.15, -0.1) is 0 Å². The number of methoxy groups -OCH3 is 2. The van der Waals surface area contributed by atoms with E-state index >= 15 is 0 Å². The lowest BCUT2D eigenvalue weighted by Gasteiger charge is -2.12. The molecule has 0 saturated heterocycles. The molecule has 0 aliphatic heterocycles. The molecule has 0 N–H and O–H groups in total. The molecule has 0 aliphatic carbocycles. The molecule has 0 fully saturated rings. The highest BCUT2D eigenvalue weighted by molar-refractivity contribution is 5.94. The van der Waals surface area contributed by atoms with Gasteiger partial charge in [0.15, 0.2) is 11.5 Å². The summed E-state index contributed by atoms with van der Waals surface area (Å²) in [5.41, 5.74) is 0.285. The molecule has 5 heteroatoms. The van der Waals surface area contributed by atoms with Crippen molar-refractivity contribution in [3.05, 3.63) is 48.0 Å².